The lowest BCUT2D eigenvalue weighted by Crippen LogP contribution is -2.41. The molecule has 0 aromatic heterocycles. The van der Waals surface area contributed by atoms with Crippen molar-refractivity contribution in [3.63, 3.8) is 0 Å². The summed E-state index contributed by atoms with van der Waals surface area (Å²) in [5.41, 5.74) is -0.861. The fourth-order valence-electron chi connectivity index (χ4n) is 2.96. The van der Waals surface area contributed by atoms with Gasteiger partial charge in [-0.05, 0) is 70.6 Å². The number of esters is 3. The van der Waals surface area contributed by atoms with Gasteiger partial charge in [0.2, 0.25) is 0 Å². The highest BCUT2D eigenvalue weighted by molar-refractivity contribution is 5.81. The summed E-state index contributed by atoms with van der Waals surface area (Å²) in [5.74, 6) is -1.02. The summed E-state index contributed by atoms with van der Waals surface area (Å²) in [4.78, 5) is 49.9. The number of hydrogen-bond donors (Lipinski definition) is 1. The quantitative estimate of drug-likeness (QED) is 0.161. The predicted octanol–water partition coefficient (Wildman–Crippen LogP) is 5.24. The molecule has 10 heteroatoms. The molecule has 0 spiro atoms. The molecule has 10 nitrogen and oxygen atoms in total. The van der Waals surface area contributed by atoms with E-state index in [0.717, 1.165) is 6.42 Å². The third-order valence-electron chi connectivity index (χ3n) is 7.11. The number of methoxy groups -OCH3 is 1. The highest BCUT2D eigenvalue weighted by Crippen LogP contribution is 2.34. The average molecular weight is 566 g/mol. The Balaban J connectivity index is 3.06. The van der Waals surface area contributed by atoms with Crippen LogP contribution in [0.4, 0.5) is 4.79 Å². The van der Waals surface area contributed by atoms with E-state index in [9.17, 15) is 19.2 Å². The number of hydrogen-bond acceptors (Lipinski definition) is 10. The van der Waals surface area contributed by atoms with E-state index in [1.54, 1.807) is 45.9 Å². The number of nitrogens with one attached hydrogen (secondary N) is 1. The van der Waals surface area contributed by atoms with Gasteiger partial charge in [0.1, 0.15) is 12.6 Å². The first kappa shape index (κ1) is 34.9. The Morgan fingerprint density at radius 3 is 1.98 bits per heavy atom. The van der Waals surface area contributed by atoms with Crippen LogP contribution in [0, 0.1) is 16.7 Å². The van der Waals surface area contributed by atoms with E-state index < -0.39 is 40.9 Å². The summed E-state index contributed by atoms with van der Waals surface area (Å²) in [6.45, 7) is 15.3. The molecule has 1 N–H and O–H groups in total. The van der Waals surface area contributed by atoms with Crippen molar-refractivity contribution in [1.29, 1.82) is 0 Å². The summed E-state index contributed by atoms with van der Waals surface area (Å²) in [7, 11) is 1.28. The summed E-state index contributed by atoms with van der Waals surface area (Å²) in [6, 6.07) is 4.02. The standard InChI is InChI=1S/C30H47NO9/c1-10-20(4)19-38-28(35)37-16-15-31-22(25(32)36-9)17-21-13-14-23(39-26(33)29(5,6)11-2)24(18-21)40-27(34)30(7,8)12-3/h13-14,18,20,22,31H,10-12,15-17,19H2,1-9H3/t20?,22-/m0/s1. The minimum absolute atomic E-state index is 0.0100. The van der Waals surface area contributed by atoms with E-state index >= 15 is 0 Å². The van der Waals surface area contributed by atoms with Crippen LogP contribution in [0.25, 0.3) is 0 Å². The molecule has 1 aromatic rings. The second-order valence-corrected chi connectivity index (χ2v) is 11.2. The Bertz CT molecular complexity index is 1000. The Morgan fingerprint density at radius 2 is 1.45 bits per heavy atom. The molecular formula is C30H47NO9. The number of carbonyl (C=O) groups excluding carboxylic acids is 4. The molecule has 1 aromatic carbocycles. The van der Waals surface area contributed by atoms with Gasteiger partial charge in [0.05, 0.1) is 24.5 Å². The SMILES string of the molecule is CCC(C)COC(=O)OCCN[C@@H](Cc1ccc(OC(=O)C(C)(C)CC)c(OC(=O)C(C)(C)CC)c1)C(=O)OC. The van der Waals surface area contributed by atoms with E-state index in [0.29, 0.717) is 18.4 Å². The molecule has 0 bridgehead atoms. The number of rotatable bonds is 16. The van der Waals surface area contributed by atoms with Crippen molar-refractivity contribution >= 4 is 24.1 Å². The molecule has 0 aliphatic rings. The summed E-state index contributed by atoms with van der Waals surface area (Å²) in [6.07, 6.45) is 1.39. The van der Waals surface area contributed by atoms with Gasteiger partial charge in [0.25, 0.3) is 0 Å². The molecule has 0 aliphatic heterocycles. The van der Waals surface area contributed by atoms with Crippen molar-refractivity contribution in [3.8, 4) is 11.5 Å². The Hall–Kier alpha value is -3.14. The summed E-state index contributed by atoms with van der Waals surface area (Å²) < 4.78 is 26.4. The maximum atomic E-state index is 12.9. The zero-order valence-corrected chi connectivity index (χ0v) is 25.5. The number of ether oxygens (including phenoxy) is 5. The van der Waals surface area contributed by atoms with Crippen LogP contribution < -0.4 is 14.8 Å². The molecular weight excluding hydrogens is 518 g/mol. The lowest BCUT2D eigenvalue weighted by Gasteiger charge is -2.24. The fourth-order valence-corrected chi connectivity index (χ4v) is 2.96. The van der Waals surface area contributed by atoms with Crippen LogP contribution in [0.3, 0.4) is 0 Å². The topological polar surface area (TPSA) is 126 Å². The molecule has 0 saturated carbocycles. The maximum absolute atomic E-state index is 12.9. The number of benzene rings is 1. The van der Waals surface area contributed by atoms with E-state index in [1.807, 2.05) is 27.7 Å². The van der Waals surface area contributed by atoms with Crippen molar-refractivity contribution < 1.29 is 42.9 Å². The maximum Gasteiger partial charge on any atom is 0.508 e. The Morgan fingerprint density at radius 1 is 0.875 bits per heavy atom. The number of carbonyl (C=O) groups is 4. The normalized spacial score (nSPS) is 13.1. The molecule has 226 valence electrons. The van der Waals surface area contributed by atoms with Crippen LogP contribution in [-0.2, 0) is 35.0 Å². The van der Waals surface area contributed by atoms with E-state index in [-0.39, 0.29) is 43.6 Å². The lowest BCUT2D eigenvalue weighted by atomic mass is 9.90. The van der Waals surface area contributed by atoms with Crippen LogP contribution in [-0.4, -0.2) is 57.0 Å². The van der Waals surface area contributed by atoms with Crippen molar-refractivity contribution in [1.82, 2.24) is 5.32 Å². The molecule has 0 amide bonds. The first-order valence-corrected chi connectivity index (χ1v) is 13.9. The van der Waals surface area contributed by atoms with E-state index in [1.165, 1.54) is 7.11 Å². The predicted molar refractivity (Wildman–Crippen MR) is 150 cm³/mol. The summed E-state index contributed by atoms with van der Waals surface area (Å²) >= 11 is 0. The van der Waals surface area contributed by atoms with Crippen LogP contribution in [0.15, 0.2) is 18.2 Å². The first-order valence-electron chi connectivity index (χ1n) is 13.9. The average Bonchev–Trinajstić information content (AvgIpc) is 2.93. The van der Waals surface area contributed by atoms with Crippen molar-refractivity contribution in [3.05, 3.63) is 23.8 Å². The van der Waals surface area contributed by atoms with Gasteiger partial charge in [-0.3, -0.25) is 14.4 Å². The van der Waals surface area contributed by atoms with Gasteiger partial charge in [0, 0.05) is 6.54 Å². The second-order valence-electron chi connectivity index (χ2n) is 11.2. The second kappa shape index (κ2) is 16.2. The van der Waals surface area contributed by atoms with Gasteiger partial charge in [0.15, 0.2) is 11.5 Å². The van der Waals surface area contributed by atoms with Crippen molar-refractivity contribution in [2.24, 2.45) is 16.7 Å². The molecule has 0 heterocycles. The molecule has 1 unspecified atom stereocenters. The smallest absolute Gasteiger partial charge is 0.468 e. The van der Waals surface area contributed by atoms with Gasteiger partial charge in [-0.2, -0.15) is 0 Å². The zero-order valence-electron chi connectivity index (χ0n) is 25.5. The molecule has 0 fully saturated rings. The van der Waals surface area contributed by atoms with Crippen LogP contribution in [0.2, 0.25) is 0 Å². The van der Waals surface area contributed by atoms with Crippen molar-refractivity contribution in [2.45, 2.75) is 87.1 Å². The monoisotopic (exact) mass is 565 g/mol. The van der Waals surface area contributed by atoms with Gasteiger partial charge < -0.3 is 29.0 Å². The first-order chi connectivity index (χ1) is 18.7. The zero-order chi connectivity index (χ0) is 30.5. The molecule has 40 heavy (non-hydrogen) atoms. The Labute approximate surface area is 238 Å². The molecule has 0 saturated heterocycles. The molecule has 1 rings (SSSR count). The molecule has 0 aliphatic carbocycles. The third-order valence-corrected chi connectivity index (χ3v) is 7.11. The fraction of sp³-hybridized carbons (Fsp3) is 0.667. The minimum Gasteiger partial charge on any atom is -0.468 e. The Kier molecular flexibility index (Phi) is 14.1. The minimum atomic E-state index is -0.784. The van der Waals surface area contributed by atoms with Crippen molar-refractivity contribution in [2.75, 3.05) is 26.9 Å². The molecule has 2 atom stereocenters. The molecule has 0 radical (unpaired) electrons. The van der Waals surface area contributed by atoms with E-state index in [2.05, 4.69) is 5.32 Å². The van der Waals surface area contributed by atoms with Crippen LogP contribution in [0.5, 0.6) is 11.5 Å². The van der Waals surface area contributed by atoms with Gasteiger partial charge >= 0.3 is 24.1 Å². The highest BCUT2D eigenvalue weighted by atomic mass is 16.7. The van der Waals surface area contributed by atoms with Crippen LogP contribution >= 0.6 is 0 Å². The van der Waals surface area contributed by atoms with Gasteiger partial charge in [-0.25, -0.2) is 4.79 Å². The highest BCUT2D eigenvalue weighted by Gasteiger charge is 2.32. The third kappa shape index (κ3) is 11.2. The van der Waals surface area contributed by atoms with Gasteiger partial charge in [-0.1, -0.05) is 40.2 Å². The largest absolute Gasteiger partial charge is 0.508 e. The summed E-state index contributed by atoms with van der Waals surface area (Å²) in [5, 5.41) is 3.02. The van der Waals surface area contributed by atoms with Gasteiger partial charge in [-0.15, -0.1) is 0 Å². The lowest BCUT2D eigenvalue weighted by molar-refractivity contribution is -0.147. The van der Waals surface area contributed by atoms with E-state index in [4.69, 9.17) is 23.7 Å². The van der Waals surface area contributed by atoms with Crippen LogP contribution in [0.1, 0.15) is 80.2 Å².